The Bertz CT molecular complexity index is 676. The Labute approximate surface area is 153 Å². The number of carbonyl (C=O) groups excluding carboxylic acids is 1. The van der Waals surface area contributed by atoms with Crippen molar-refractivity contribution >= 4 is 5.91 Å². The second-order valence-electron chi connectivity index (χ2n) is 7.44. The summed E-state index contributed by atoms with van der Waals surface area (Å²) >= 11 is 0. The van der Waals surface area contributed by atoms with Crippen LogP contribution >= 0.6 is 0 Å². The van der Waals surface area contributed by atoms with Crippen molar-refractivity contribution in [1.29, 1.82) is 0 Å². The minimum absolute atomic E-state index is 0.272. The lowest BCUT2D eigenvalue weighted by atomic mass is 9.95. The van der Waals surface area contributed by atoms with Gasteiger partial charge in [-0.25, -0.2) is 0 Å². The summed E-state index contributed by atoms with van der Waals surface area (Å²) in [5.74, 6) is -0.460. The van der Waals surface area contributed by atoms with Crippen LogP contribution in [0.1, 0.15) is 31.9 Å². The first-order valence-electron chi connectivity index (χ1n) is 8.82. The number of aliphatic hydroxyl groups excluding tert-OH is 1. The zero-order chi connectivity index (χ0) is 19.1. The highest BCUT2D eigenvalue weighted by Gasteiger charge is 2.52. The van der Waals surface area contributed by atoms with Gasteiger partial charge in [-0.1, -0.05) is 12.1 Å². The summed E-state index contributed by atoms with van der Waals surface area (Å²) in [5, 5.41) is 13.6. The molecular formula is C19H27NO6. The van der Waals surface area contributed by atoms with Crippen LogP contribution in [-0.2, 0) is 19.0 Å². The molecule has 0 spiro atoms. The smallest absolute Gasteiger partial charge is 0.223 e. The van der Waals surface area contributed by atoms with Crippen LogP contribution in [0, 0.1) is 13.8 Å². The van der Waals surface area contributed by atoms with E-state index in [0.29, 0.717) is 5.75 Å². The predicted octanol–water partition coefficient (Wildman–Crippen LogP) is 1.42. The van der Waals surface area contributed by atoms with Crippen molar-refractivity contribution in [3.8, 4) is 5.75 Å². The lowest BCUT2D eigenvalue weighted by Gasteiger charge is -2.49. The maximum atomic E-state index is 11.7. The van der Waals surface area contributed by atoms with Crippen LogP contribution in [-0.4, -0.2) is 54.1 Å². The Hall–Kier alpha value is -1.67. The summed E-state index contributed by atoms with van der Waals surface area (Å²) in [7, 11) is 0. The molecule has 0 aliphatic carbocycles. The fraction of sp³-hybridized carbons (Fsp3) is 0.632. The molecule has 7 nitrogen and oxygen atoms in total. The van der Waals surface area contributed by atoms with E-state index in [2.05, 4.69) is 5.32 Å². The molecule has 2 heterocycles. The van der Waals surface area contributed by atoms with Crippen molar-refractivity contribution in [2.24, 2.45) is 0 Å². The number of ether oxygens (including phenoxy) is 4. The van der Waals surface area contributed by atoms with Gasteiger partial charge in [0.2, 0.25) is 12.2 Å². The summed E-state index contributed by atoms with van der Waals surface area (Å²) in [5.41, 5.74) is 1.98. The number of amides is 1. The molecule has 1 aromatic carbocycles. The molecule has 7 heteroatoms. The van der Waals surface area contributed by atoms with Crippen molar-refractivity contribution in [3.05, 3.63) is 29.3 Å². The van der Waals surface area contributed by atoms with E-state index < -0.39 is 36.4 Å². The molecule has 2 N–H and O–H groups in total. The third-order valence-corrected chi connectivity index (χ3v) is 4.64. The summed E-state index contributed by atoms with van der Waals surface area (Å²) in [4.78, 5) is 11.7. The molecular weight excluding hydrogens is 338 g/mol. The Morgan fingerprint density at radius 2 is 2.08 bits per heavy atom. The van der Waals surface area contributed by atoms with Crippen molar-refractivity contribution in [2.75, 3.05) is 6.61 Å². The number of hydrogen-bond donors (Lipinski definition) is 2. The standard InChI is InChI=1S/C19H27NO6/c1-10-6-7-11(2)13(8-10)24-18-15(20-12(3)21)16(22)17-14(25-18)9-23-19(4,5)26-17/h6-8,14-18,22H,9H2,1-5H3,(H,20,21)/t14-,15-,16-,17-,18-/m1/s1. The fourth-order valence-corrected chi connectivity index (χ4v) is 3.29. The van der Waals surface area contributed by atoms with Gasteiger partial charge in [-0.3, -0.25) is 4.79 Å². The minimum Gasteiger partial charge on any atom is -0.462 e. The zero-order valence-corrected chi connectivity index (χ0v) is 15.8. The van der Waals surface area contributed by atoms with Gasteiger partial charge in [0.25, 0.3) is 0 Å². The maximum absolute atomic E-state index is 11.7. The molecule has 1 aromatic rings. The van der Waals surface area contributed by atoms with Gasteiger partial charge in [-0.15, -0.1) is 0 Å². The molecule has 2 saturated heterocycles. The molecule has 0 radical (unpaired) electrons. The molecule has 2 aliphatic rings. The highest BCUT2D eigenvalue weighted by atomic mass is 16.8. The van der Waals surface area contributed by atoms with Gasteiger partial charge < -0.3 is 29.4 Å². The van der Waals surface area contributed by atoms with E-state index in [1.165, 1.54) is 6.92 Å². The van der Waals surface area contributed by atoms with E-state index in [1.807, 2.05) is 32.0 Å². The maximum Gasteiger partial charge on any atom is 0.223 e. The molecule has 1 amide bonds. The third-order valence-electron chi connectivity index (χ3n) is 4.64. The zero-order valence-electron chi connectivity index (χ0n) is 15.8. The molecule has 0 aromatic heterocycles. The average Bonchev–Trinajstić information content (AvgIpc) is 2.54. The van der Waals surface area contributed by atoms with Crippen LogP contribution in [0.4, 0.5) is 0 Å². The molecule has 5 atom stereocenters. The van der Waals surface area contributed by atoms with Crippen LogP contribution in [0.25, 0.3) is 0 Å². The first kappa shape index (κ1) is 19.1. The van der Waals surface area contributed by atoms with Crippen LogP contribution in [0.2, 0.25) is 0 Å². The lowest BCUT2D eigenvalue weighted by molar-refractivity contribution is -0.361. The quantitative estimate of drug-likeness (QED) is 0.843. The molecule has 3 rings (SSSR count). The van der Waals surface area contributed by atoms with Gasteiger partial charge in [0.1, 0.15) is 30.1 Å². The highest BCUT2D eigenvalue weighted by Crippen LogP contribution is 2.34. The van der Waals surface area contributed by atoms with Gasteiger partial charge >= 0.3 is 0 Å². The molecule has 0 bridgehead atoms. The normalized spacial score (nSPS) is 33.2. The number of carbonyl (C=O) groups is 1. The van der Waals surface area contributed by atoms with Crippen molar-refractivity contribution < 1.29 is 28.8 Å². The summed E-state index contributed by atoms with van der Waals surface area (Å²) < 4.78 is 23.5. The predicted molar refractivity (Wildman–Crippen MR) is 93.7 cm³/mol. The number of aryl methyl sites for hydroxylation is 2. The van der Waals surface area contributed by atoms with E-state index >= 15 is 0 Å². The Morgan fingerprint density at radius 3 is 2.77 bits per heavy atom. The number of hydrogen-bond acceptors (Lipinski definition) is 6. The number of rotatable bonds is 3. The average molecular weight is 365 g/mol. The Balaban J connectivity index is 1.85. The lowest BCUT2D eigenvalue weighted by Crippen LogP contribution is -2.69. The number of benzene rings is 1. The van der Waals surface area contributed by atoms with E-state index in [0.717, 1.165) is 11.1 Å². The van der Waals surface area contributed by atoms with Crippen LogP contribution in [0.5, 0.6) is 5.75 Å². The molecule has 0 saturated carbocycles. The second-order valence-corrected chi connectivity index (χ2v) is 7.44. The Morgan fingerprint density at radius 1 is 1.35 bits per heavy atom. The topological polar surface area (TPSA) is 86.3 Å². The van der Waals surface area contributed by atoms with E-state index in [9.17, 15) is 9.90 Å². The first-order valence-corrected chi connectivity index (χ1v) is 8.82. The third kappa shape index (κ3) is 4.01. The first-order chi connectivity index (χ1) is 12.2. The van der Waals surface area contributed by atoms with Crippen molar-refractivity contribution in [3.63, 3.8) is 0 Å². The van der Waals surface area contributed by atoms with Gasteiger partial charge in [0, 0.05) is 6.92 Å². The van der Waals surface area contributed by atoms with E-state index in [4.69, 9.17) is 18.9 Å². The molecule has 2 aliphatic heterocycles. The summed E-state index contributed by atoms with van der Waals surface area (Å²) in [6.07, 6.45) is -2.95. The molecule has 2 fully saturated rings. The van der Waals surface area contributed by atoms with Gasteiger partial charge in [0.05, 0.1) is 6.61 Å². The van der Waals surface area contributed by atoms with Crippen LogP contribution < -0.4 is 10.1 Å². The second kappa shape index (κ2) is 7.15. The SMILES string of the molecule is CC(=O)N[C@H]1[C@H](Oc2cc(C)ccc2C)O[C@@H]2COC(C)(C)O[C@H]2[C@@H]1O. The minimum atomic E-state index is -0.990. The Kier molecular flexibility index (Phi) is 5.25. The van der Waals surface area contributed by atoms with Crippen molar-refractivity contribution in [2.45, 2.75) is 71.0 Å². The number of nitrogens with one attached hydrogen (secondary N) is 1. The van der Waals surface area contributed by atoms with Crippen LogP contribution in [0.15, 0.2) is 18.2 Å². The largest absolute Gasteiger partial charge is 0.462 e. The van der Waals surface area contributed by atoms with Gasteiger partial charge in [-0.05, 0) is 44.9 Å². The molecule has 144 valence electrons. The highest BCUT2D eigenvalue weighted by molar-refractivity contribution is 5.73. The summed E-state index contributed by atoms with van der Waals surface area (Å²) in [6.45, 7) is 9.12. The fourth-order valence-electron chi connectivity index (χ4n) is 3.29. The van der Waals surface area contributed by atoms with E-state index in [-0.39, 0.29) is 12.5 Å². The monoisotopic (exact) mass is 365 g/mol. The molecule has 0 unspecified atom stereocenters. The number of aliphatic hydroxyl groups is 1. The molecule has 26 heavy (non-hydrogen) atoms. The number of fused-ring (bicyclic) bond motifs is 1. The summed E-state index contributed by atoms with van der Waals surface area (Å²) in [6, 6.07) is 5.09. The van der Waals surface area contributed by atoms with Gasteiger partial charge in [-0.2, -0.15) is 0 Å². The van der Waals surface area contributed by atoms with E-state index in [1.54, 1.807) is 13.8 Å². The van der Waals surface area contributed by atoms with Crippen molar-refractivity contribution in [1.82, 2.24) is 5.32 Å². The van der Waals surface area contributed by atoms with Gasteiger partial charge in [0.15, 0.2) is 5.79 Å². The van der Waals surface area contributed by atoms with Crippen LogP contribution in [0.3, 0.4) is 0 Å².